The van der Waals surface area contributed by atoms with Crippen LogP contribution in [0.15, 0.2) is 0 Å². The molecule has 0 spiro atoms. The number of hydrogen-bond donors (Lipinski definition) is 1. The Bertz CT molecular complexity index is 283. The standard InChI is InChI=1S/C12H22N2O3/c1-9-5-4-6-10(2)14(9)12(17)13(3)8-7-11(15)16/h9-10H,4-8H2,1-3H3,(H,15,16). The van der Waals surface area contributed by atoms with Crippen LogP contribution in [0, 0.1) is 0 Å². The largest absolute Gasteiger partial charge is 0.481 e. The minimum atomic E-state index is -0.871. The van der Waals surface area contributed by atoms with Crippen LogP contribution in [-0.4, -0.2) is 52.6 Å². The number of carbonyl (C=O) groups excluding carboxylic acids is 1. The molecule has 98 valence electrons. The van der Waals surface area contributed by atoms with Crippen molar-refractivity contribution in [2.75, 3.05) is 13.6 Å². The molecule has 2 amide bonds. The number of likely N-dealkylation sites (tertiary alicyclic amines) is 1. The van der Waals surface area contributed by atoms with Crippen LogP contribution < -0.4 is 0 Å². The van der Waals surface area contributed by atoms with Crippen molar-refractivity contribution in [3.63, 3.8) is 0 Å². The number of carboxylic acid groups (broad SMARTS) is 1. The van der Waals surface area contributed by atoms with Crippen molar-refractivity contribution in [1.82, 2.24) is 9.80 Å². The summed E-state index contributed by atoms with van der Waals surface area (Å²) in [5, 5.41) is 8.61. The van der Waals surface area contributed by atoms with E-state index < -0.39 is 5.97 Å². The second-order valence-electron chi connectivity index (χ2n) is 4.88. The van der Waals surface area contributed by atoms with E-state index in [2.05, 4.69) is 13.8 Å². The second kappa shape index (κ2) is 5.89. The van der Waals surface area contributed by atoms with Crippen molar-refractivity contribution in [3.05, 3.63) is 0 Å². The van der Waals surface area contributed by atoms with Crippen LogP contribution in [0.2, 0.25) is 0 Å². The molecule has 2 atom stereocenters. The average Bonchev–Trinajstić information content (AvgIpc) is 2.25. The Kier molecular flexibility index (Phi) is 4.78. The van der Waals surface area contributed by atoms with Gasteiger partial charge in [-0.3, -0.25) is 4.79 Å². The van der Waals surface area contributed by atoms with E-state index in [9.17, 15) is 9.59 Å². The fraction of sp³-hybridized carbons (Fsp3) is 0.833. The Hall–Kier alpha value is -1.26. The van der Waals surface area contributed by atoms with Gasteiger partial charge in [-0.25, -0.2) is 4.79 Å². The maximum atomic E-state index is 12.2. The lowest BCUT2D eigenvalue weighted by Crippen LogP contribution is -2.52. The zero-order valence-corrected chi connectivity index (χ0v) is 10.8. The van der Waals surface area contributed by atoms with Gasteiger partial charge in [0.15, 0.2) is 0 Å². The zero-order valence-electron chi connectivity index (χ0n) is 10.8. The molecule has 0 radical (unpaired) electrons. The lowest BCUT2D eigenvalue weighted by atomic mass is 9.98. The molecule has 0 bridgehead atoms. The first-order valence-electron chi connectivity index (χ1n) is 6.18. The maximum absolute atomic E-state index is 12.2. The van der Waals surface area contributed by atoms with Crippen LogP contribution in [-0.2, 0) is 4.79 Å². The third kappa shape index (κ3) is 3.61. The van der Waals surface area contributed by atoms with Crippen molar-refractivity contribution in [1.29, 1.82) is 0 Å². The lowest BCUT2D eigenvalue weighted by Gasteiger charge is -2.41. The second-order valence-corrected chi connectivity index (χ2v) is 4.88. The van der Waals surface area contributed by atoms with Gasteiger partial charge in [0.1, 0.15) is 0 Å². The average molecular weight is 242 g/mol. The van der Waals surface area contributed by atoms with Crippen molar-refractivity contribution in [3.8, 4) is 0 Å². The van der Waals surface area contributed by atoms with Gasteiger partial charge in [-0.2, -0.15) is 0 Å². The van der Waals surface area contributed by atoms with Crippen molar-refractivity contribution < 1.29 is 14.7 Å². The van der Waals surface area contributed by atoms with Crippen LogP contribution in [0.25, 0.3) is 0 Å². The molecule has 1 N–H and O–H groups in total. The van der Waals surface area contributed by atoms with Gasteiger partial charge in [0.2, 0.25) is 0 Å². The number of urea groups is 1. The molecule has 1 aliphatic rings. The SMILES string of the molecule is CC1CCCC(C)N1C(=O)N(C)CCC(=O)O. The Balaban J connectivity index is 2.57. The van der Waals surface area contributed by atoms with Gasteiger partial charge in [-0.1, -0.05) is 0 Å². The zero-order chi connectivity index (χ0) is 13.0. The molecule has 0 aliphatic carbocycles. The van der Waals surface area contributed by atoms with Gasteiger partial charge in [-0.15, -0.1) is 0 Å². The van der Waals surface area contributed by atoms with Crippen LogP contribution in [0.5, 0.6) is 0 Å². The van der Waals surface area contributed by atoms with E-state index in [-0.39, 0.29) is 31.1 Å². The molecule has 1 rings (SSSR count). The number of carboxylic acids is 1. The first-order chi connectivity index (χ1) is 7.93. The summed E-state index contributed by atoms with van der Waals surface area (Å²) in [6, 6.07) is 0.447. The first kappa shape index (κ1) is 13.8. The van der Waals surface area contributed by atoms with E-state index in [4.69, 9.17) is 5.11 Å². The number of piperidine rings is 1. The number of hydrogen-bond acceptors (Lipinski definition) is 2. The summed E-state index contributed by atoms with van der Waals surface area (Å²) in [5.74, 6) is -0.871. The van der Waals surface area contributed by atoms with Gasteiger partial charge in [0.25, 0.3) is 0 Å². The molecule has 0 aromatic heterocycles. The Morgan fingerprint density at radius 1 is 1.29 bits per heavy atom. The Morgan fingerprint density at radius 2 is 1.82 bits per heavy atom. The quantitative estimate of drug-likeness (QED) is 0.820. The smallest absolute Gasteiger partial charge is 0.320 e. The Labute approximate surface area is 102 Å². The van der Waals surface area contributed by atoms with Gasteiger partial charge < -0.3 is 14.9 Å². The monoisotopic (exact) mass is 242 g/mol. The number of aliphatic carboxylic acids is 1. The number of nitrogens with zero attached hydrogens (tertiary/aromatic N) is 2. The van der Waals surface area contributed by atoms with Gasteiger partial charge in [0, 0.05) is 25.7 Å². The predicted octanol–water partition coefficient (Wildman–Crippen LogP) is 1.78. The van der Waals surface area contributed by atoms with Crippen LogP contribution >= 0.6 is 0 Å². The third-order valence-electron chi connectivity index (χ3n) is 3.40. The fourth-order valence-corrected chi connectivity index (χ4v) is 2.35. The molecule has 0 saturated carbocycles. The highest BCUT2D eigenvalue weighted by Crippen LogP contribution is 2.23. The lowest BCUT2D eigenvalue weighted by molar-refractivity contribution is -0.137. The molecule has 0 aromatic rings. The van der Waals surface area contributed by atoms with Gasteiger partial charge >= 0.3 is 12.0 Å². The molecule has 5 heteroatoms. The van der Waals surface area contributed by atoms with Crippen LogP contribution in [0.3, 0.4) is 0 Å². The number of carbonyl (C=O) groups is 2. The number of rotatable bonds is 3. The molecule has 1 saturated heterocycles. The molecule has 17 heavy (non-hydrogen) atoms. The summed E-state index contributed by atoms with van der Waals surface area (Å²) >= 11 is 0. The molecule has 1 aliphatic heterocycles. The van der Waals surface area contributed by atoms with E-state index in [0.29, 0.717) is 0 Å². The highest BCUT2D eigenvalue weighted by molar-refractivity contribution is 5.76. The molecular formula is C12H22N2O3. The molecule has 0 aromatic carbocycles. The van der Waals surface area contributed by atoms with Crippen LogP contribution in [0.1, 0.15) is 39.5 Å². The Morgan fingerprint density at radius 3 is 2.29 bits per heavy atom. The number of amides is 2. The maximum Gasteiger partial charge on any atom is 0.320 e. The van der Waals surface area contributed by atoms with Gasteiger partial charge in [0.05, 0.1) is 6.42 Å². The normalized spacial score (nSPS) is 24.5. The molecular weight excluding hydrogens is 220 g/mol. The van der Waals surface area contributed by atoms with Gasteiger partial charge in [-0.05, 0) is 33.1 Å². The summed E-state index contributed by atoms with van der Waals surface area (Å²) in [5.41, 5.74) is 0. The summed E-state index contributed by atoms with van der Waals surface area (Å²) in [6.07, 6.45) is 3.22. The van der Waals surface area contributed by atoms with Crippen LogP contribution in [0.4, 0.5) is 4.79 Å². The summed E-state index contributed by atoms with van der Waals surface area (Å²) in [4.78, 5) is 26.1. The van der Waals surface area contributed by atoms with E-state index in [1.165, 1.54) is 4.90 Å². The third-order valence-corrected chi connectivity index (χ3v) is 3.40. The fourth-order valence-electron chi connectivity index (χ4n) is 2.35. The van der Waals surface area contributed by atoms with E-state index in [1.807, 2.05) is 4.90 Å². The summed E-state index contributed by atoms with van der Waals surface area (Å²) in [6.45, 7) is 4.38. The molecule has 1 fully saturated rings. The van der Waals surface area contributed by atoms with E-state index in [0.717, 1.165) is 19.3 Å². The summed E-state index contributed by atoms with van der Waals surface area (Å²) < 4.78 is 0. The molecule has 1 heterocycles. The van der Waals surface area contributed by atoms with Crippen molar-refractivity contribution >= 4 is 12.0 Å². The minimum absolute atomic E-state index is 0.00115. The predicted molar refractivity (Wildman–Crippen MR) is 64.9 cm³/mol. The van der Waals surface area contributed by atoms with Crippen molar-refractivity contribution in [2.45, 2.75) is 51.6 Å². The first-order valence-corrected chi connectivity index (χ1v) is 6.18. The summed E-state index contributed by atoms with van der Waals surface area (Å²) in [7, 11) is 1.67. The molecule has 5 nitrogen and oxygen atoms in total. The van der Waals surface area contributed by atoms with E-state index in [1.54, 1.807) is 7.05 Å². The highest BCUT2D eigenvalue weighted by Gasteiger charge is 2.30. The molecule has 2 unspecified atom stereocenters. The van der Waals surface area contributed by atoms with E-state index >= 15 is 0 Å². The highest BCUT2D eigenvalue weighted by atomic mass is 16.4. The minimum Gasteiger partial charge on any atom is -0.481 e. The topological polar surface area (TPSA) is 60.9 Å². The van der Waals surface area contributed by atoms with Crippen molar-refractivity contribution in [2.24, 2.45) is 0 Å².